The van der Waals surface area contributed by atoms with E-state index in [0.717, 1.165) is 19.6 Å². The molecule has 27 heavy (non-hydrogen) atoms. The summed E-state index contributed by atoms with van der Waals surface area (Å²) in [6.07, 6.45) is 0. The summed E-state index contributed by atoms with van der Waals surface area (Å²) in [4.78, 5) is 28.0. The van der Waals surface area contributed by atoms with Gasteiger partial charge in [-0.1, -0.05) is 38.1 Å². The van der Waals surface area contributed by atoms with Crippen molar-refractivity contribution in [2.24, 2.45) is 5.73 Å². The first kappa shape index (κ1) is 19.1. The summed E-state index contributed by atoms with van der Waals surface area (Å²) in [6, 6.07) is 15.4. The number of piperazine rings is 1. The van der Waals surface area contributed by atoms with Gasteiger partial charge in [0.05, 0.1) is 0 Å². The van der Waals surface area contributed by atoms with Crippen LogP contribution in [0.3, 0.4) is 0 Å². The number of nitrogens with zero attached hydrogens (tertiary/aromatic N) is 2. The summed E-state index contributed by atoms with van der Waals surface area (Å²) in [5, 5.41) is 0. The molecule has 142 valence electrons. The SMILES string of the molecule is CC(C)c1ccc(CN2CCN(C(=O)c3ccc(C(N)=O)cc3)CC2)cc1. The first-order valence-electron chi connectivity index (χ1n) is 9.44. The van der Waals surface area contributed by atoms with Crippen LogP contribution >= 0.6 is 0 Å². The maximum Gasteiger partial charge on any atom is 0.253 e. The van der Waals surface area contributed by atoms with Crippen molar-refractivity contribution >= 4 is 11.8 Å². The highest BCUT2D eigenvalue weighted by Gasteiger charge is 2.22. The molecule has 0 atom stereocenters. The van der Waals surface area contributed by atoms with Crippen molar-refractivity contribution in [3.05, 3.63) is 70.8 Å². The third kappa shape index (κ3) is 4.74. The van der Waals surface area contributed by atoms with Crippen LogP contribution in [-0.4, -0.2) is 47.8 Å². The van der Waals surface area contributed by atoms with Gasteiger partial charge in [0.2, 0.25) is 5.91 Å². The Hall–Kier alpha value is -2.66. The molecule has 0 unspecified atom stereocenters. The molecule has 5 heteroatoms. The molecule has 0 aromatic heterocycles. The zero-order valence-electron chi connectivity index (χ0n) is 16.0. The molecule has 1 fully saturated rings. The number of carbonyl (C=O) groups is 2. The fourth-order valence-electron chi connectivity index (χ4n) is 3.33. The lowest BCUT2D eigenvalue weighted by Crippen LogP contribution is -2.48. The van der Waals surface area contributed by atoms with E-state index in [-0.39, 0.29) is 5.91 Å². The van der Waals surface area contributed by atoms with E-state index in [2.05, 4.69) is 43.0 Å². The molecule has 2 aromatic rings. The van der Waals surface area contributed by atoms with Crippen LogP contribution in [0.15, 0.2) is 48.5 Å². The lowest BCUT2D eigenvalue weighted by Gasteiger charge is -2.34. The highest BCUT2D eigenvalue weighted by atomic mass is 16.2. The molecule has 2 N–H and O–H groups in total. The van der Waals surface area contributed by atoms with Crippen molar-refractivity contribution in [3.8, 4) is 0 Å². The molecule has 2 aromatic carbocycles. The summed E-state index contributed by atoms with van der Waals surface area (Å²) >= 11 is 0. The molecule has 0 radical (unpaired) electrons. The molecule has 2 amide bonds. The molecule has 5 nitrogen and oxygen atoms in total. The van der Waals surface area contributed by atoms with Crippen LogP contribution < -0.4 is 5.73 Å². The third-order valence-electron chi connectivity index (χ3n) is 5.13. The van der Waals surface area contributed by atoms with Crippen molar-refractivity contribution < 1.29 is 9.59 Å². The second kappa shape index (κ2) is 8.35. The molecule has 0 saturated carbocycles. The quantitative estimate of drug-likeness (QED) is 0.886. The van der Waals surface area contributed by atoms with Crippen LogP contribution in [0.2, 0.25) is 0 Å². The Morgan fingerprint density at radius 3 is 1.96 bits per heavy atom. The number of benzene rings is 2. The molecule has 0 bridgehead atoms. The number of amides is 2. The van der Waals surface area contributed by atoms with Crippen molar-refractivity contribution in [2.45, 2.75) is 26.3 Å². The predicted octanol–water partition coefficient (Wildman–Crippen LogP) is 2.87. The maximum absolute atomic E-state index is 12.6. The number of carbonyl (C=O) groups excluding carboxylic acids is 2. The van der Waals surface area contributed by atoms with E-state index in [0.29, 0.717) is 30.1 Å². The molecular weight excluding hydrogens is 338 g/mol. The van der Waals surface area contributed by atoms with Crippen LogP contribution in [0.4, 0.5) is 0 Å². The van der Waals surface area contributed by atoms with Gasteiger partial charge in [0, 0.05) is 43.9 Å². The van der Waals surface area contributed by atoms with Gasteiger partial charge in [0.25, 0.3) is 5.91 Å². The number of rotatable bonds is 5. The lowest BCUT2D eigenvalue weighted by molar-refractivity contribution is 0.0628. The first-order valence-corrected chi connectivity index (χ1v) is 9.44. The van der Waals surface area contributed by atoms with Crippen molar-refractivity contribution in [3.63, 3.8) is 0 Å². The highest BCUT2D eigenvalue weighted by Crippen LogP contribution is 2.17. The topological polar surface area (TPSA) is 66.6 Å². The van der Waals surface area contributed by atoms with E-state index in [1.54, 1.807) is 24.3 Å². The second-order valence-corrected chi connectivity index (χ2v) is 7.41. The highest BCUT2D eigenvalue weighted by molar-refractivity contribution is 5.97. The summed E-state index contributed by atoms with van der Waals surface area (Å²) in [5.41, 5.74) is 8.92. The largest absolute Gasteiger partial charge is 0.366 e. The average molecular weight is 365 g/mol. The van der Waals surface area contributed by atoms with Gasteiger partial charge >= 0.3 is 0 Å². The normalized spacial score (nSPS) is 15.1. The summed E-state index contributed by atoms with van der Waals surface area (Å²) < 4.78 is 0. The predicted molar refractivity (Wildman–Crippen MR) is 107 cm³/mol. The van der Waals surface area contributed by atoms with Gasteiger partial charge in [0.1, 0.15) is 0 Å². The van der Waals surface area contributed by atoms with E-state index in [9.17, 15) is 9.59 Å². The number of nitrogens with two attached hydrogens (primary N) is 1. The number of hydrogen-bond donors (Lipinski definition) is 1. The molecule has 1 aliphatic rings. The standard InChI is InChI=1S/C22H27N3O2/c1-16(2)18-5-3-17(4-6-18)15-24-11-13-25(14-12-24)22(27)20-9-7-19(8-10-20)21(23)26/h3-10,16H,11-15H2,1-2H3,(H2,23,26). The van der Waals surface area contributed by atoms with E-state index < -0.39 is 5.91 Å². The summed E-state index contributed by atoms with van der Waals surface area (Å²) in [5.74, 6) is 0.0710. The van der Waals surface area contributed by atoms with E-state index >= 15 is 0 Å². The Balaban J connectivity index is 1.53. The Kier molecular flexibility index (Phi) is 5.91. The van der Waals surface area contributed by atoms with Crippen LogP contribution in [-0.2, 0) is 6.54 Å². The molecule has 1 aliphatic heterocycles. The minimum atomic E-state index is -0.482. The Labute approximate surface area is 160 Å². The van der Waals surface area contributed by atoms with Gasteiger partial charge in [-0.2, -0.15) is 0 Å². The van der Waals surface area contributed by atoms with Crippen LogP contribution in [0.25, 0.3) is 0 Å². The smallest absolute Gasteiger partial charge is 0.253 e. The fraction of sp³-hybridized carbons (Fsp3) is 0.364. The van der Waals surface area contributed by atoms with Crippen molar-refractivity contribution in [1.82, 2.24) is 9.80 Å². The summed E-state index contributed by atoms with van der Waals surface area (Å²) in [6.45, 7) is 8.45. The minimum Gasteiger partial charge on any atom is -0.366 e. The monoisotopic (exact) mass is 365 g/mol. The molecule has 0 spiro atoms. The minimum absolute atomic E-state index is 0.00644. The zero-order valence-corrected chi connectivity index (χ0v) is 16.0. The van der Waals surface area contributed by atoms with Crippen LogP contribution in [0.1, 0.15) is 51.6 Å². The Morgan fingerprint density at radius 2 is 1.44 bits per heavy atom. The van der Waals surface area contributed by atoms with E-state index in [1.807, 2.05) is 4.90 Å². The van der Waals surface area contributed by atoms with Gasteiger partial charge in [0.15, 0.2) is 0 Å². The average Bonchev–Trinajstić information content (AvgIpc) is 2.68. The Bertz CT molecular complexity index is 789. The Morgan fingerprint density at radius 1 is 0.889 bits per heavy atom. The van der Waals surface area contributed by atoms with E-state index in [4.69, 9.17) is 5.73 Å². The molecule has 3 rings (SSSR count). The number of primary amides is 1. The molecule has 1 saturated heterocycles. The van der Waals surface area contributed by atoms with Gasteiger partial charge in [-0.3, -0.25) is 14.5 Å². The third-order valence-corrected chi connectivity index (χ3v) is 5.13. The van der Waals surface area contributed by atoms with Crippen LogP contribution in [0, 0.1) is 0 Å². The van der Waals surface area contributed by atoms with Crippen LogP contribution in [0.5, 0.6) is 0 Å². The number of hydrogen-bond acceptors (Lipinski definition) is 3. The van der Waals surface area contributed by atoms with Gasteiger partial charge in [-0.05, 0) is 41.3 Å². The summed E-state index contributed by atoms with van der Waals surface area (Å²) in [7, 11) is 0. The molecule has 1 heterocycles. The maximum atomic E-state index is 12.6. The molecular formula is C22H27N3O2. The van der Waals surface area contributed by atoms with Crippen molar-refractivity contribution in [2.75, 3.05) is 26.2 Å². The van der Waals surface area contributed by atoms with Gasteiger partial charge in [-0.15, -0.1) is 0 Å². The second-order valence-electron chi connectivity index (χ2n) is 7.41. The van der Waals surface area contributed by atoms with Gasteiger partial charge in [-0.25, -0.2) is 0 Å². The van der Waals surface area contributed by atoms with E-state index in [1.165, 1.54) is 11.1 Å². The lowest BCUT2D eigenvalue weighted by atomic mass is 10.0. The van der Waals surface area contributed by atoms with Crippen molar-refractivity contribution in [1.29, 1.82) is 0 Å². The zero-order chi connectivity index (χ0) is 19.4. The fourth-order valence-corrected chi connectivity index (χ4v) is 3.33. The van der Waals surface area contributed by atoms with Gasteiger partial charge < -0.3 is 10.6 Å². The molecule has 0 aliphatic carbocycles. The first-order chi connectivity index (χ1) is 12.9.